The first-order valence-corrected chi connectivity index (χ1v) is 9.36. The van der Waals surface area contributed by atoms with Crippen LogP contribution in [0.2, 0.25) is 0 Å². The molecule has 6 heteroatoms. The number of thioether (sulfide) groups is 1. The van der Waals surface area contributed by atoms with Gasteiger partial charge < -0.3 is 14.8 Å². The predicted molar refractivity (Wildman–Crippen MR) is 98.9 cm³/mol. The van der Waals surface area contributed by atoms with Crippen molar-refractivity contribution in [1.82, 2.24) is 5.32 Å². The summed E-state index contributed by atoms with van der Waals surface area (Å²) < 4.78 is 12.3. The summed E-state index contributed by atoms with van der Waals surface area (Å²) in [4.78, 5) is 13.1. The van der Waals surface area contributed by atoms with Gasteiger partial charge in [-0.3, -0.25) is 0 Å². The number of rotatable bonds is 4. The van der Waals surface area contributed by atoms with Crippen LogP contribution in [0.4, 0.5) is 4.79 Å². The van der Waals surface area contributed by atoms with Gasteiger partial charge in [-0.15, -0.1) is 11.8 Å². The van der Waals surface area contributed by atoms with Crippen molar-refractivity contribution >= 4 is 33.8 Å². The Balaban J connectivity index is 1.55. The number of hydrogen-bond acceptors (Lipinski definition) is 4. The third kappa shape index (κ3) is 4.24. The quantitative estimate of drug-likeness (QED) is 0.571. The Morgan fingerprint density at radius 2 is 2.04 bits per heavy atom. The number of ether oxygens (including phenoxy) is 2. The molecule has 0 aromatic heterocycles. The van der Waals surface area contributed by atoms with Crippen LogP contribution in [0, 0.1) is 0 Å². The second-order valence-corrected chi connectivity index (χ2v) is 8.06. The summed E-state index contributed by atoms with van der Waals surface area (Å²) in [5, 5.41) is 2.74. The zero-order valence-electron chi connectivity index (χ0n) is 13.5. The number of carbonyl (C=O) groups excluding carboxylic acids is 1. The number of benzene rings is 2. The Morgan fingerprint density at radius 3 is 2.79 bits per heavy atom. The fraction of sp³-hybridized carbons (Fsp3) is 0.278. The maximum Gasteiger partial charge on any atom is 0.413 e. The van der Waals surface area contributed by atoms with Crippen molar-refractivity contribution in [2.75, 3.05) is 5.88 Å². The lowest BCUT2D eigenvalue weighted by molar-refractivity contribution is 0.133. The minimum atomic E-state index is -0.485. The van der Waals surface area contributed by atoms with Gasteiger partial charge in [-0.25, -0.2) is 4.79 Å². The Labute approximate surface area is 154 Å². The highest BCUT2D eigenvalue weighted by Crippen LogP contribution is 2.41. The van der Waals surface area contributed by atoms with Gasteiger partial charge in [0, 0.05) is 21.4 Å². The number of fused-ring (bicyclic) bond motifs is 1. The van der Waals surface area contributed by atoms with Gasteiger partial charge in [0.15, 0.2) is 11.5 Å². The molecule has 0 unspecified atom stereocenters. The van der Waals surface area contributed by atoms with Crippen LogP contribution in [0.1, 0.15) is 19.4 Å². The van der Waals surface area contributed by atoms with Gasteiger partial charge in [0.25, 0.3) is 0 Å². The zero-order chi connectivity index (χ0) is 17.2. The SMILES string of the molecule is CC1(C)Cc2cccc(OC(=O)NCSc3ccc(Br)cc3)c2O1. The Bertz CT molecular complexity index is 746. The maximum atomic E-state index is 12.0. The van der Waals surface area contributed by atoms with Crippen LogP contribution in [0.15, 0.2) is 51.8 Å². The molecule has 0 fully saturated rings. The van der Waals surface area contributed by atoms with Crippen LogP contribution in [-0.4, -0.2) is 17.6 Å². The number of hydrogen-bond donors (Lipinski definition) is 1. The minimum absolute atomic E-state index is 0.268. The van der Waals surface area contributed by atoms with Crippen molar-refractivity contribution in [1.29, 1.82) is 0 Å². The van der Waals surface area contributed by atoms with Crippen molar-refractivity contribution < 1.29 is 14.3 Å². The van der Waals surface area contributed by atoms with Crippen LogP contribution in [0.25, 0.3) is 0 Å². The first-order chi connectivity index (χ1) is 11.4. The monoisotopic (exact) mass is 407 g/mol. The molecular formula is C18H18BrNO3S. The van der Waals surface area contributed by atoms with E-state index in [0.29, 0.717) is 17.4 Å². The molecule has 1 aliphatic rings. The molecule has 2 aromatic carbocycles. The van der Waals surface area contributed by atoms with E-state index >= 15 is 0 Å². The van der Waals surface area contributed by atoms with E-state index in [1.807, 2.05) is 50.2 Å². The molecule has 0 aliphatic carbocycles. The van der Waals surface area contributed by atoms with Gasteiger partial charge in [0.2, 0.25) is 0 Å². The normalized spacial score (nSPS) is 14.6. The van der Waals surface area contributed by atoms with Crippen LogP contribution < -0.4 is 14.8 Å². The molecule has 0 atom stereocenters. The molecule has 126 valence electrons. The third-order valence-electron chi connectivity index (χ3n) is 3.53. The van der Waals surface area contributed by atoms with Crippen LogP contribution in [-0.2, 0) is 6.42 Å². The minimum Gasteiger partial charge on any atom is -0.483 e. The van der Waals surface area contributed by atoms with Crippen molar-refractivity contribution in [2.45, 2.75) is 30.8 Å². The van der Waals surface area contributed by atoms with Gasteiger partial charge in [-0.1, -0.05) is 28.1 Å². The van der Waals surface area contributed by atoms with E-state index < -0.39 is 6.09 Å². The Morgan fingerprint density at radius 1 is 1.29 bits per heavy atom. The van der Waals surface area contributed by atoms with E-state index in [2.05, 4.69) is 21.2 Å². The molecule has 2 aromatic rings. The highest BCUT2D eigenvalue weighted by Gasteiger charge is 2.32. The molecule has 3 rings (SSSR count). The lowest BCUT2D eigenvalue weighted by Gasteiger charge is -2.18. The molecule has 1 N–H and O–H groups in total. The van der Waals surface area contributed by atoms with Crippen molar-refractivity contribution in [2.24, 2.45) is 0 Å². The summed E-state index contributed by atoms with van der Waals surface area (Å²) in [6.45, 7) is 4.04. The number of amides is 1. The van der Waals surface area contributed by atoms with E-state index in [0.717, 1.165) is 21.4 Å². The Kier molecular flexibility index (Phi) is 5.06. The number of halogens is 1. The molecule has 24 heavy (non-hydrogen) atoms. The summed E-state index contributed by atoms with van der Waals surface area (Å²) in [7, 11) is 0. The smallest absolute Gasteiger partial charge is 0.413 e. The summed E-state index contributed by atoms with van der Waals surface area (Å²) in [5.74, 6) is 1.56. The van der Waals surface area contributed by atoms with Crippen LogP contribution in [0.5, 0.6) is 11.5 Å². The van der Waals surface area contributed by atoms with Gasteiger partial charge in [-0.2, -0.15) is 0 Å². The van der Waals surface area contributed by atoms with Crippen molar-refractivity contribution in [3.05, 3.63) is 52.5 Å². The Hall–Kier alpha value is -1.66. The molecule has 4 nitrogen and oxygen atoms in total. The molecule has 0 saturated carbocycles. The largest absolute Gasteiger partial charge is 0.483 e. The van der Waals surface area contributed by atoms with E-state index in [-0.39, 0.29) is 5.60 Å². The van der Waals surface area contributed by atoms with Crippen LogP contribution in [0.3, 0.4) is 0 Å². The number of carbonyl (C=O) groups is 1. The zero-order valence-corrected chi connectivity index (χ0v) is 15.9. The maximum absolute atomic E-state index is 12.0. The average Bonchev–Trinajstić information content (AvgIpc) is 2.84. The highest BCUT2D eigenvalue weighted by atomic mass is 79.9. The number of nitrogens with one attached hydrogen (secondary N) is 1. The average molecular weight is 408 g/mol. The van der Waals surface area contributed by atoms with Crippen molar-refractivity contribution in [3.8, 4) is 11.5 Å². The van der Waals surface area contributed by atoms with E-state index in [1.54, 1.807) is 6.07 Å². The first-order valence-electron chi connectivity index (χ1n) is 7.58. The standard InChI is InChI=1S/C18H18BrNO3S/c1-18(2)10-12-4-3-5-15(16(12)23-18)22-17(21)20-11-24-14-8-6-13(19)7-9-14/h3-9H,10-11H2,1-2H3,(H,20,21). The van der Waals surface area contributed by atoms with E-state index in [9.17, 15) is 4.79 Å². The summed E-state index contributed by atoms with van der Waals surface area (Å²) >= 11 is 4.92. The molecule has 0 bridgehead atoms. The molecule has 1 heterocycles. The van der Waals surface area contributed by atoms with Gasteiger partial charge in [-0.05, 0) is 44.2 Å². The fourth-order valence-electron chi connectivity index (χ4n) is 2.51. The molecule has 1 aliphatic heterocycles. The van der Waals surface area contributed by atoms with Gasteiger partial charge in [0.05, 0.1) is 5.88 Å². The van der Waals surface area contributed by atoms with Crippen LogP contribution >= 0.6 is 27.7 Å². The summed E-state index contributed by atoms with van der Waals surface area (Å²) in [6.07, 6.45) is 0.321. The first kappa shape index (κ1) is 17.2. The summed E-state index contributed by atoms with van der Waals surface area (Å²) in [6, 6.07) is 13.5. The number of para-hydroxylation sites is 1. The highest BCUT2D eigenvalue weighted by molar-refractivity contribution is 9.10. The second-order valence-electron chi connectivity index (χ2n) is 6.09. The lowest BCUT2D eigenvalue weighted by atomic mass is 10.0. The van der Waals surface area contributed by atoms with E-state index in [1.165, 1.54) is 11.8 Å². The molecule has 0 saturated heterocycles. The van der Waals surface area contributed by atoms with Gasteiger partial charge >= 0.3 is 6.09 Å². The van der Waals surface area contributed by atoms with E-state index in [4.69, 9.17) is 9.47 Å². The third-order valence-corrected chi connectivity index (χ3v) is 4.95. The fourth-order valence-corrected chi connectivity index (χ4v) is 3.46. The molecule has 1 amide bonds. The second kappa shape index (κ2) is 7.07. The van der Waals surface area contributed by atoms with Gasteiger partial charge in [0.1, 0.15) is 5.60 Å². The van der Waals surface area contributed by atoms with Crippen molar-refractivity contribution in [3.63, 3.8) is 0 Å². The molecule has 0 radical (unpaired) electrons. The topological polar surface area (TPSA) is 47.6 Å². The predicted octanol–water partition coefficient (Wildman–Crippen LogP) is 5.00. The molecular weight excluding hydrogens is 390 g/mol. The summed E-state index contributed by atoms with van der Waals surface area (Å²) in [5.41, 5.74) is 0.796. The molecule has 0 spiro atoms. The lowest BCUT2D eigenvalue weighted by Crippen LogP contribution is -2.27.